The molecule has 1 heterocycles. The van der Waals surface area contributed by atoms with Crippen LogP contribution in [-0.4, -0.2) is 35.7 Å². The van der Waals surface area contributed by atoms with Crippen LogP contribution in [0.2, 0.25) is 0 Å². The third-order valence-corrected chi connectivity index (χ3v) is 3.31. The molecule has 0 fully saturated rings. The molecule has 1 aliphatic heterocycles. The molecule has 1 N–H and O–H groups in total. The zero-order valence-electron chi connectivity index (χ0n) is 12.0. The third kappa shape index (κ3) is 4.37. The zero-order chi connectivity index (χ0) is 15.2. The zero-order valence-corrected chi connectivity index (χ0v) is 12.0. The second kappa shape index (κ2) is 6.97. The molecule has 0 bridgehead atoms. The van der Waals surface area contributed by atoms with E-state index >= 15 is 0 Å². The van der Waals surface area contributed by atoms with Gasteiger partial charge in [-0.2, -0.15) is 0 Å². The van der Waals surface area contributed by atoms with E-state index < -0.39 is 5.97 Å². The van der Waals surface area contributed by atoms with Crippen molar-refractivity contribution in [3.05, 3.63) is 23.8 Å². The monoisotopic (exact) mass is 293 g/mol. The maximum atomic E-state index is 11.9. The van der Waals surface area contributed by atoms with Gasteiger partial charge < -0.3 is 19.5 Å². The van der Waals surface area contributed by atoms with Gasteiger partial charge in [0.25, 0.3) is 0 Å². The van der Waals surface area contributed by atoms with Gasteiger partial charge in [-0.1, -0.05) is 6.07 Å². The van der Waals surface area contributed by atoms with Crippen molar-refractivity contribution in [1.29, 1.82) is 0 Å². The fraction of sp³-hybridized carbons (Fsp3) is 0.467. The Bertz CT molecular complexity index is 529. The fourth-order valence-corrected chi connectivity index (χ4v) is 2.14. The van der Waals surface area contributed by atoms with E-state index in [0.717, 1.165) is 11.3 Å². The molecule has 1 aliphatic rings. The van der Waals surface area contributed by atoms with Crippen LogP contribution in [0.3, 0.4) is 0 Å². The Morgan fingerprint density at radius 2 is 1.90 bits per heavy atom. The number of benzene rings is 1. The molecule has 1 amide bonds. The average Bonchev–Trinajstić information content (AvgIpc) is 2.90. The highest BCUT2D eigenvalue weighted by molar-refractivity contribution is 5.76. The molecule has 0 saturated heterocycles. The summed E-state index contributed by atoms with van der Waals surface area (Å²) in [5.74, 6) is 0.616. The Kier molecular flexibility index (Phi) is 5.03. The standard InChI is InChI=1S/C15H19NO5/c1-16(14(17)4-2-3-5-15(18)19)9-11-6-7-12-13(8-11)21-10-20-12/h6-8H,2-5,9-10H2,1H3,(H,18,19). The summed E-state index contributed by atoms with van der Waals surface area (Å²) in [5.41, 5.74) is 0.973. The van der Waals surface area contributed by atoms with E-state index in [4.69, 9.17) is 14.6 Å². The van der Waals surface area contributed by atoms with Crippen LogP contribution in [0.4, 0.5) is 0 Å². The first-order chi connectivity index (χ1) is 10.1. The lowest BCUT2D eigenvalue weighted by Crippen LogP contribution is -2.25. The number of carbonyl (C=O) groups excluding carboxylic acids is 1. The van der Waals surface area contributed by atoms with Crippen molar-refractivity contribution in [2.24, 2.45) is 0 Å². The van der Waals surface area contributed by atoms with Gasteiger partial charge in [0.1, 0.15) is 0 Å². The number of carboxylic acids is 1. The van der Waals surface area contributed by atoms with E-state index in [1.54, 1.807) is 11.9 Å². The number of amides is 1. The van der Waals surface area contributed by atoms with Crippen LogP contribution in [0, 0.1) is 0 Å². The maximum absolute atomic E-state index is 11.9. The Balaban J connectivity index is 1.79. The highest BCUT2D eigenvalue weighted by Gasteiger charge is 2.15. The lowest BCUT2D eigenvalue weighted by atomic mass is 10.1. The second-order valence-electron chi connectivity index (χ2n) is 5.04. The van der Waals surface area contributed by atoms with Gasteiger partial charge in [0.15, 0.2) is 11.5 Å². The molecule has 0 unspecified atom stereocenters. The molecule has 2 rings (SSSR count). The summed E-state index contributed by atoms with van der Waals surface area (Å²) < 4.78 is 10.5. The molecule has 114 valence electrons. The lowest BCUT2D eigenvalue weighted by Gasteiger charge is -2.17. The van der Waals surface area contributed by atoms with Crippen LogP contribution in [0.15, 0.2) is 18.2 Å². The van der Waals surface area contributed by atoms with Crippen molar-refractivity contribution in [2.45, 2.75) is 32.2 Å². The Morgan fingerprint density at radius 3 is 2.67 bits per heavy atom. The summed E-state index contributed by atoms with van der Waals surface area (Å²) >= 11 is 0. The van der Waals surface area contributed by atoms with E-state index in [-0.39, 0.29) is 19.1 Å². The first-order valence-corrected chi connectivity index (χ1v) is 6.90. The first-order valence-electron chi connectivity index (χ1n) is 6.90. The van der Waals surface area contributed by atoms with E-state index in [1.165, 1.54) is 0 Å². The molecule has 0 aromatic heterocycles. The van der Waals surface area contributed by atoms with Crippen molar-refractivity contribution in [2.75, 3.05) is 13.8 Å². The number of ether oxygens (including phenoxy) is 2. The normalized spacial score (nSPS) is 12.2. The van der Waals surface area contributed by atoms with Crippen LogP contribution in [0.5, 0.6) is 11.5 Å². The van der Waals surface area contributed by atoms with E-state index in [1.807, 2.05) is 18.2 Å². The van der Waals surface area contributed by atoms with Gasteiger partial charge in [0.2, 0.25) is 12.7 Å². The van der Waals surface area contributed by atoms with Crippen molar-refractivity contribution >= 4 is 11.9 Å². The number of nitrogens with zero attached hydrogens (tertiary/aromatic N) is 1. The largest absolute Gasteiger partial charge is 0.481 e. The van der Waals surface area contributed by atoms with Crippen molar-refractivity contribution in [3.63, 3.8) is 0 Å². The van der Waals surface area contributed by atoms with Gasteiger partial charge in [-0.25, -0.2) is 0 Å². The lowest BCUT2D eigenvalue weighted by molar-refractivity contribution is -0.137. The summed E-state index contributed by atoms with van der Waals surface area (Å²) in [7, 11) is 1.74. The topological polar surface area (TPSA) is 76.1 Å². The minimum Gasteiger partial charge on any atom is -0.481 e. The van der Waals surface area contributed by atoms with Crippen molar-refractivity contribution in [1.82, 2.24) is 4.90 Å². The second-order valence-corrected chi connectivity index (χ2v) is 5.04. The molecular weight excluding hydrogens is 274 g/mol. The molecule has 6 nitrogen and oxygen atoms in total. The third-order valence-electron chi connectivity index (χ3n) is 3.31. The van der Waals surface area contributed by atoms with Crippen LogP contribution < -0.4 is 9.47 Å². The molecule has 21 heavy (non-hydrogen) atoms. The van der Waals surface area contributed by atoms with Crippen LogP contribution >= 0.6 is 0 Å². The molecule has 0 atom stereocenters. The summed E-state index contributed by atoms with van der Waals surface area (Å²) in [6.07, 6.45) is 1.60. The van der Waals surface area contributed by atoms with Gasteiger partial charge >= 0.3 is 5.97 Å². The van der Waals surface area contributed by atoms with Crippen molar-refractivity contribution < 1.29 is 24.2 Å². The molecular formula is C15H19NO5. The van der Waals surface area contributed by atoms with E-state index in [9.17, 15) is 9.59 Å². The molecule has 1 aromatic rings. The number of aliphatic carboxylic acids is 1. The summed E-state index contributed by atoms with van der Waals surface area (Å²) in [6, 6.07) is 5.61. The number of carbonyl (C=O) groups is 2. The van der Waals surface area contributed by atoms with Gasteiger partial charge in [-0.3, -0.25) is 9.59 Å². The summed E-state index contributed by atoms with van der Waals surface area (Å²) in [5, 5.41) is 8.54. The number of rotatable bonds is 7. The molecule has 0 aliphatic carbocycles. The predicted molar refractivity (Wildman–Crippen MR) is 75.1 cm³/mol. The predicted octanol–water partition coefficient (Wildman–Crippen LogP) is 2.02. The smallest absolute Gasteiger partial charge is 0.303 e. The Morgan fingerprint density at radius 1 is 1.19 bits per heavy atom. The molecule has 0 spiro atoms. The minimum absolute atomic E-state index is 0.0121. The van der Waals surface area contributed by atoms with Gasteiger partial charge in [-0.15, -0.1) is 0 Å². The Hall–Kier alpha value is -2.24. The number of hydrogen-bond donors (Lipinski definition) is 1. The Labute approximate surface area is 123 Å². The summed E-state index contributed by atoms with van der Waals surface area (Å²) in [6.45, 7) is 0.728. The number of hydrogen-bond acceptors (Lipinski definition) is 4. The number of fused-ring (bicyclic) bond motifs is 1. The highest BCUT2D eigenvalue weighted by Crippen LogP contribution is 2.32. The van der Waals surface area contributed by atoms with Gasteiger partial charge in [0.05, 0.1) is 0 Å². The van der Waals surface area contributed by atoms with Gasteiger partial charge in [-0.05, 0) is 30.5 Å². The molecule has 0 saturated carbocycles. The van der Waals surface area contributed by atoms with Crippen LogP contribution in [0.25, 0.3) is 0 Å². The van der Waals surface area contributed by atoms with E-state index in [0.29, 0.717) is 31.6 Å². The molecule has 6 heteroatoms. The number of carboxylic acid groups (broad SMARTS) is 1. The maximum Gasteiger partial charge on any atom is 0.303 e. The minimum atomic E-state index is -0.823. The van der Waals surface area contributed by atoms with Crippen LogP contribution in [-0.2, 0) is 16.1 Å². The molecule has 0 radical (unpaired) electrons. The quantitative estimate of drug-likeness (QED) is 0.778. The average molecular weight is 293 g/mol. The number of unbranched alkanes of at least 4 members (excludes halogenated alkanes) is 1. The summed E-state index contributed by atoms with van der Waals surface area (Å²) in [4.78, 5) is 24.0. The highest BCUT2D eigenvalue weighted by atomic mass is 16.7. The SMILES string of the molecule is CN(Cc1ccc2c(c1)OCO2)C(=O)CCCCC(=O)O. The molecule has 1 aromatic carbocycles. The van der Waals surface area contributed by atoms with Crippen LogP contribution in [0.1, 0.15) is 31.2 Å². The fourth-order valence-electron chi connectivity index (χ4n) is 2.14. The van der Waals surface area contributed by atoms with Crippen molar-refractivity contribution in [3.8, 4) is 11.5 Å². The first kappa shape index (κ1) is 15.2. The van der Waals surface area contributed by atoms with Gasteiger partial charge in [0, 0.05) is 26.4 Å². The van der Waals surface area contributed by atoms with E-state index in [2.05, 4.69) is 0 Å².